The maximum atomic E-state index is 12.4. The van der Waals surface area contributed by atoms with Crippen molar-refractivity contribution < 1.29 is 9.53 Å². The van der Waals surface area contributed by atoms with Gasteiger partial charge in [-0.15, -0.1) is 0 Å². The van der Waals surface area contributed by atoms with Crippen LogP contribution in [0, 0.1) is 0 Å². The number of nitrogens with one attached hydrogen (secondary N) is 2. The lowest BCUT2D eigenvalue weighted by atomic mass is 10.1. The molecule has 3 aromatic carbocycles. The van der Waals surface area contributed by atoms with Crippen LogP contribution in [0.4, 0.5) is 5.69 Å². The first kappa shape index (κ1) is 14.3. The lowest BCUT2D eigenvalue weighted by Gasteiger charge is -2.06. The predicted molar refractivity (Wildman–Crippen MR) is 96.8 cm³/mol. The second-order valence-electron chi connectivity index (χ2n) is 5.61. The Kier molecular flexibility index (Phi) is 3.43. The van der Waals surface area contributed by atoms with Crippen LogP contribution in [0.3, 0.4) is 0 Å². The Hall–Kier alpha value is -3.27. The molecule has 0 fully saturated rings. The maximum Gasteiger partial charge on any atom is 0.255 e. The van der Waals surface area contributed by atoms with E-state index in [0.717, 1.165) is 27.9 Å². The van der Waals surface area contributed by atoms with E-state index in [9.17, 15) is 4.79 Å². The molecule has 1 heterocycles. The number of rotatable bonds is 3. The number of carbonyl (C=O) groups is 1. The summed E-state index contributed by atoms with van der Waals surface area (Å²) in [5.41, 5.74) is 3.44. The monoisotopic (exact) mass is 316 g/mol. The molecule has 4 aromatic rings. The molecule has 1 amide bonds. The Bertz CT molecular complexity index is 1030. The molecule has 0 aliphatic carbocycles. The third-order valence-corrected chi connectivity index (χ3v) is 4.12. The molecule has 0 unspecified atom stereocenters. The van der Waals surface area contributed by atoms with E-state index in [4.69, 9.17) is 4.74 Å². The Morgan fingerprint density at radius 1 is 0.917 bits per heavy atom. The van der Waals surface area contributed by atoms with Gasteiger partial charge in [-0.25, -0.2) is 0 Å². The zero-order valence-electron chi connectivity index (χ0n) is 13.2. The van der Waals surface area contributed by atoms with Crippen LogP contribution < -0.4 is 10.1 Å². The van der Waals surface area contributed by atoms with Crippen LogP contribution in [0.15, 0.2) is 66.7 Å². The van der Waals surface area contributed by atoms with E-state index in [2.05, 4.69) is 16.4 Å². The van der Waals surface area contributed by atoms with Gasteiger partial charge >= 0.3 is 0 Å². The average molecular weight is 316 g/mol. The molecule has 0 aliphatic rings. The zero-order chi connectivity index (χ0) is 16.5. The summed E-state index contributed by atoms with van der Waals surface area (Å²) in [5, 5.41) is 5.26. The number of aromatic amines is 1. The van der Waals surface area contributed by atoms with Gasteiger partial charge in [0.2, 0.25) is 0 Å². The second-order valence-corrected chi connectivity index (χ2v) is 5.61. The predicted octanol–water partition coefficient (Wildman–Crippen LogP) is 4.58. The fourth-order valence-electron chi connectivity index (χ4n) is 2.88. The molecule has 118 valence electrons. The van der Waals surface area contributed by atoms with Crippen LogP contribution in [0.2, 0.25) is 0 Å². The summed E-state index contributed by atoms with van der Waals surface area (Å²) in [5.74, 6) is 0.583. The van der Waals surface area contributed by atoms with E-state index in [-0.39, 0.29) is 5.91 Å². The van der Waals surface area contributed by atoms with Gasteiger partial charge < -0.3 is 15.0 Å². The van der Waals surface area contributed by atoms with Crippen molar-refractivity contribution in [3.63, 3.8) is 0 Å². The van der Waals surface area contributed by atoms with Crippen molar-refractivity contribution in [2.75, 3.05) is 12.4 Å². The van der Waals surface area contributed by atoms with Gasteiger partial charge in [0.25, 0.3) is 5.91 Å². The first-order chi connectivity index (χ1) is 11.7. The average Bonchev–Trinajstić information content (AvgIpc) is 2.99. The van der Waals surface area contributed by atoms with E-state index in [1.165, 1.54) is 5.39 Å². The summed E-state index contributed by atoms with van der Waals surface area (Å²) in [7, 11) is 1.60. The van der Waals surface area contributed by atoms with E-state index < -0.39 is 0 Å². The van der Waals surface area contributed by atoms with Crippen LogP contribution >= 0.6 is 0 Å². The standard InChI is InChI=1S/C20H16N2O2/c1-24-15-9-6-13(7-10-15)20(23)21-14-8-11-17-16-4-2-3-5-18(16)22-19(17)12-14/h2-12,22H,1H3,(H,21,23). The summed E-state index contributed by atoms with van der Waals surface area (Å²) < 4.78 is 5.11. The number of hydrogen-bond acceptors (Lipinski definition) is 2. The van der Waals surface area contributed by atoms with Crippen molar-refractivity contribution in [3.8, 4) is 5.75 Å². The Morgan fingerprint density at radius 3 is 2.46 bits per heavy atom. The molecule has 0 saturated carbocycles. The molecule has 2 N–H and O–H groups in total. The highest BCUT2D eigenvalue weighted by molar-refractivity contribution is 6.10. The highest BCUT2D eigenvalue weighted by Crippen LogP contribution is 2.27. The van der Waals surface area contributed by atoms with Crippen LogP contribution in [0.1, 0.15) is 10.4 Å². The third kappa shape index (κ3) is 2.48. The number of para-hydroxylation sites is 1. The summed E-state index contributed by atoms with van der Waals surface area (Å²) in [6.45, 7) is 0. The molecule has 0 spiro atoms. The Morgan fingerprint density at radius 2 is 1.67 bits per heavy atom. The molecule has 0 radical (unpaired) electrons. The minimum atomic E-state index is -0.145. The van der Waals surface area contributed by atoms with Crippen molar-refractivity contribution in [2.45, 2.75) is 0 Å². The molecular formula is C20H16N2O2. The summed E-state index contributed by atoms with van der Waals surface area (Å²) in [6.07, 6.45) is 0. The van der Waals surface area contributed by atoms with Gasteiger partial charge in [-0.1, -0.05) is 24.3 Å². The molecule has 1 aromatic heterocycles. The minimum Gasteiger partial charge on any atom is -0.497 e. The maximum absolute atomic E-state index is 12.4. The van der Waals surface area contributed by atoms with Crippen LogP contribution in [-0.2, 0) is 0 Å². The topological polar surface area (TPSA) is 54.1 Å². The Balaban J connectivity index is 1.63. The van der Waals surface area contributed by atoms with Crippen LogP contribution in [0.25, 0.3) is 21.8 Å². The van der Waals surface area contributed by atoms with Crippen molar-refractivity contribution in [2.24, 2.45) is 0 Å². The minimum absolute atomic E-state index is 0.145. The number of anilines is 1. The normalized spacial score (nSPS) is 10.9. The Labute approximate surface area is 139 Å². The molecule has 0 saturated heterocycles. The third-order valence-electron chi connectivity index (χ3n) is 4.12. The van der Waals surface area contributed by atoms with Gasteiger partial charge in [-0.2, -0.15) is 0 Å². The molecular weight excluding hydrogens is 300 g/mol. The van der Waals surface area contributed by atoms with Crippen LogP contribution in [-0.4, -0.2) is 18.0 Å². The fraction of sp³-hybridized carbons (Fsp3) is 0.0500. The van der Waals surface area contributed by atoms with Gasteiger partial charge in [0.05, 0.1) is 7.11 Å². The molecule has 0 aliphatic heterocycles. The number of methoxy groups -OCH3 is 1. The van der Waals surface area contributed by atoms with E-state index >= 15 is 0 Å². The van der Waals surface area contributed by atoms with E-state index in [1.807, 2.05) is 36.4 Å². The summed E-state index contributed by atoms with van der Waals surface area (Å²) in [4.78, 5) is 15.7. The first-order valence-electron chi connectivity index (χ1n) is 7.70. The molecule has 24 heavy (non-hydrogen) atoms. The molecule has 0 bridgehead atoms. The highest BCUT2D eigenvalue weighted by atomic mass is 16.5. The number of aromatic nitrogens is 1. The molecule has 4 rings (SSSR count). The molecule has 4 nitrogen and oxygen atoms in total. The van der Waals surface area contributed by atoms with Gasteiger partial charge in [0.15, 0.2) is 0 Å². The van der Waals surface area contributed by atoms with Gasteiger partial charge in [0.1, 0.15) is 5.75 Å². The quantitative estimate of drug-likeness (QED) is 0.581. The molecule has 0 atom stereocenters. The fourth-order valence-corrected chi connectivity index (χ4v) is 2.88. The number of carbonyl (C=O) groups excluding carboxylic acids is 1. The second kappa shape index (κ2) is 5.74. The zero-order valence-corrected chi connectivity index (χ0v) is 13.2. The number of hydrogen-bond donors (Lipinski definition) is 2. The van der Waals surface area contributed by atoms with E-state index in [1.54, 1.807) is 31.4 Å². The van der Waals surface area contributed by atoms with Gasteiger partial charge in [-0.3, -0.25) is 4.79 Å². The molecule has 4 heteroatoms. The number of H-pyrrole nitrogens is 1. The number of ether oxygens (including phenoxy) is 1. The van der Waals surface area contributed by atoms with Crippen molar-refractivity contribution in [1.82, 2.24) is 4.98 Å². The first-order valence-corrected chi connectivity index (χ1v) is 7.70. The smallest absolute Gasteiger partial charge is 0.255 e. The summed E-state index contributed by atoms with van der Waals surface area (Å²) >= 11 is 0. The van der Waals surface area contributed by atoms with Crippen molar-refractivity contribution >= 4 is 33.4 Å². The van der Waals surface area contributed by atoms with Crippen molar-refractivity contribution in [1.29, 1.82) is 0 Å². The van der Waals surface area contributed by atoms with Gasteiger partial charge in [-0.05, 0) is 42.5 Å². The van der Waals surface area contributed by atoms with Gasteiger partial charge in [0, 0.05) is 33.1 Å². The van der Waals surface area contributed by atoms with E-state index in [0.29, 0.717) is 5.56 Å². The lowest BCUT2D eigenvalue weighted by molar-refractivity contribution is 0.102. The number of amides is 1. The van der Waals surface area contributed by atoms with Crippen molar-refractivity contribution in [3.05, 3.63) is 72.3 Å². The number of benzene rings is 3. The lowest BCUT2D eigenvalue weighted by Crippen LogP contribution is -2.11. The number of fused-ring (bicyclic) bond motifs is 3. The SMILES string of the molecule is COc1ccc(C(=O)Nc2ccc3c(c2)[nH]c2ccccc23)cc1. The highest BCUT2D eigenvalue weighted by Gasteiger charge is 2.08. The van der Waals surface area contributed by atoms with Crippen LogP contribution in [0.5, 0.6) is 5.75 Å². The summed E-state index contributed by atoms with van der Waals surface area (Å²) in [6, 6.07) is 21.1. The largest absolute Gasteiger partial charge is 0.497 e.